The molecule has 0 fully saturated rings. The van der Waals surface area contributed by atoms with Crippen LogP contribution in [-0.4, -0.2) is 22.3 Å². The molecule has 0 unspecified atom stereocenters. The molecule has 2 N–H and O–H groups in total. The number of ether oxygens (including phenoxy) is 1. The van der Waals surface area contributed by atoms with Gasteiger partial charge in [-0.3, -0.25) is 5.10 Å². The van der Waals surface area contributed by atoms with Gasteiger partial charge in [-0.25, -0.2) is 0 Å². The van der Waals surface area contributed by atoms with Gasteiger partial charge in [-0.1, -0.05) is 41.7 Å². The van der Waals surface area contributed by atoms with Crippen molar-refractivity contribution < 1.29 is 4.74 Å². The van der Waals surface area contributed by atoms with Crippen molar-refractivity contribution in [1.82, 2.24) is 15.2 Å². The molecule has 2 heterocycles. The van der Waals surface area contributed by atoms with Crippen molar-refractivity contribution in [2.75, 3.05) is 12.4 Å². The molecule has 114 valence electrons. The average Bonchev–Trinajstić information content (AvgIpc) is 3.16. The van der Waals surface area contributed by atoms with Crippen LogP contribution in [0, 0.1) is 0 Å². The fourth-order valence-corrected chi connectivity index (χ4v) is 3.30. The fraction of sp³-hybridized carbons (Fsp3) is 0.0588. The molecule has 0 aliphatic carbocycles. The van der Waals surface area contributed by atoms with Crippen LogP contribution in [-0.2, 0) is 0 Å². The van der Waals surface area contributed by atoms with Gasteiger partial charge in [-0.2, -0.15) is 10.1 Å². The van der Waals surface area contributed by atoms with Gasteiger partial charge in [0.2, 0.25) is 0 Å². The molecule has 0 amide bonds. The smallest absolute Gasteiger partial charge is 0.194 e. The van der Waals surface area contributed by atoms with Crippen LogP contribution >= 0.6 is 11.3 Å². The van der Waals surface area contributed by atoms with E-state index in [0.717, 1.165) is 38.2 Å². The zero-order chi connectivity index (χ0) is 15.6. The summed E-state index contributed by atoms with van der Waals surface area (Å²) in [5.41, 5.74) is 3.80. The van der Waals surface area contributed by atoms with Crippen molar-refractivity contribution in [1.29, 1.82) is 0 Å². The standard InChI is InChI=1S/C17H14N4OS/c1-22-13-9-7-12(8-10-13)18-17-19-16-15(23-17)14(20-21-16)11-5-3-2-4-6-11/h2-10H,1H3,(H2,18,19,20,21). The summed E-state index contributed by atoms with van der Waals surface area (Å²) in [4.78, 5) is 4.53. The van der Waals surface area contributed by atoms with Crippen LogP contribution < -0.4 is 10.1 Å². The lowest BCUT2D eigenvalue weighted by atomic mass is 10.2. The van der Waals surface area contributed by atoms with E-state index >= 15 is 0 Å². The zero-order valence-corrected chi connectivity index (χ0v) is 13.2. The lowest BCUT2D eigenvalue weighted by molar-refractivity contribution is 0.415. The molecule has 0 aliphatic heterocycles. The first-order chi connectivity index (χ1) is 11.3. The molecule has 2 aromatic carbocycles. The Hall–Kier alpha value is -2.86. The minimum Gasteiger partial charge on any atom is -0.497 e. The van der Waals surface area contributed by atoms with E-state index in [4.69, 9.17) is 4.74 Å². The van der Waals surface area contributed by atoms with Gasteiger partial charge in [0.25, 0.3) is 0 Å². The Bertz CT molecular complexity index is 928. The minimum absolute atomic E-state index is 0.727. The maximum Gasteiger partial charge on any atom is 0.194 e. The summed E-state index contributed by atoms with van der Waals surface area (Å²) in [5.74, 6) is 0.830. The normalized spacial score (nSPS) is 10.8. The van der Waals surface area contributed by atoms with Crippen LogP contribution in [0.3, 0.4) is 0 Å². The van der Waals surface area contributed by atoms with E-state index in [1.807, 2.05) is 42.5 Å². The van der Waals surface area contributed by atoms with Gasteiger partial charge in [0.15, 0.2) is 10.8 Å². The summed E-state index contributed by atoms with van der Waals surface area (Å²) in [6.07, 6.45) is 0. The summed E-state index contributed by atoms with van der Waals surface area (Å²) in [6, 6.07) is 17.9. The lowest BCUT2D eigenvalue weighted by Crippen LogP contribution is -1.89. The van der Waals surface area contributed by atoms with E-state index in [1.54, 1.807) is 18.4 Å². The Labute approximate surface area is 137 Å². The first kappa shape index (κ1) is 13.8. The Morgan fingerprint density at radius 3 is 2.57 bits per heavy atom. The Kier molecular flexibility index (Phi) is 3.44. The fourth-order valence-electron chi connectivity index (χ4n) is 2.36. The van der Waals surface area contributed by atoms with Gasteiger partial charge in [0.05, 0.1) is 12.8 Å². The van der Waals surface area contributed by atoms with Gasteiger partial charge in [-0.15, -0.1) is 0 Å². The predicted octanol–water partition coefficient (Wildman–Crippen LogP) is 4.44. The number of hydrogen-bond donors (Lipinski definition) is 2. The highest BCUT2D eigenvalue weighted by molar-refractivity contribution is 7.22. The van der Waals surface area contributed by atoms with Crippen LogP contribution in [0.25, 0.3) is 21.6 Å². The number of benzene rings is 2. The van der Waals surface area contributed by atoms with E-state index in [9.17, 15) is 0 Å². The van der Waals surface area contributed by atoms with Crippen molar-refractivity contribution in [2.45, 2.75) is 0 Å². The number of aromatic amines is 1. The molecule has 0 radical (unpaired) electrons. The average molecular weight is 322 g/mol. The maximum absolute atomic E-state index is 5.16. The molecule has 0 saturated heterocycles. The second-order valence-electron chi connectivity index (χ2n) is 4.99. The van der Waals surface area contributed by atoms with Crippen molar-refractivity contribution in [2.24, 2.45) is 0 Å². The largest absolute Gasteiger partial charge is 0.497 e. The van der Waals surface area contributed by atoms with Gasteiger partial charge in [0, 0.05) is 11.3 Å². The second kappa shape index (κ2) is 5.73. The zero-order valence-electron chi connectivity index (χ0n) is 12.4. The molecular weight excluding hydrogens is 308 g/mol. The van der Waals surface area contributed by atoms with Gasteiger partial charge in [0.1, 0.15) is 10.4 Å². The second-order valence-corrected chi connectivity index (χ2v) is 5.99. The molecule has 5 nitrogen and oxygen atoms in total. The number of rotatable bonds is 4. The molecule has 0 aliphatic rings. The molecule has 4 rings (SSSR count). The van der Waals surface area contributed by atoms with Crippen LogP contribution in [0.2, 0.25) is 0 Å². The highest BCUT2D eigenvalue weighted by Gasteiger charge is 2.13. The van der Waals surface area contributed by atoms with Gasteiger partial charge in [-0.05, 0) is 24.3 Å². The Morgan fingerprint density at radius 2 is 1.83 bits per heavy atom. The van der Waals surface area contributed by atoms with E-state index in [2.05, 4.69) is 32.6 Å². The first-order valence-corrected chi connectivity index (χ1v) is 7.96. The van der Waals surface area contributed by atoms with Crippen LogP contribution in [0.5, 0.6) is 5.75 Å². The number of H-pyrrole nitrogens is 1. The molecular formula is C17H14N4OS. The number of thiazole rings is 1. The topological polar surface area (TPSA) is 62.8 Å². The Balaban J connectivity index is 1.65. The molecule has 0 saturated carbocycles. The summed E-state index contributed by atoms with van der Waals surface area (Å²) in [7, 11) is 1.66. The third-order valence-corrected chi connectivity index (χ3v) is 4.49. The minimum atomic E-state index is 0.727. The molecule has 6 heteroatoms. The summed E-state index contributed by atoms with van der Waals surface area (Å²) in [6.45, 7) is 0. The van der Waals surface area contributed by atoms with Gasteiger partial charge < -0.3 is 10.1 Å². The molecule has 2 aromatic heterocycles. The van der Waals surface area contributed by atoms with E-state index < -0.39 is 0 Å². The number of nitrogens with one attached hydrogen (secondary N) is 2. The number of nitrogens with zero attached hydrogens (tertiary/aromatic N) is 2. The highest BCUT2D eigenvalue weighted by Crippen LogP contribution is 2.34. The van der Waals surface area contributed by atoms with Crippen LogP contribution in [0.4, 0.5) is 10.8 Å². The predicted molar refractivity (Wildman–Crippen MR) is 93.5 cm³/mol. The van der Waals surface area contributed by atoms with Crippen molar-refractivity contribution >= 4 is 32.5 Å². The Morgan fingerprint density at radius 1 is 1.04 bits per heavy atom. The molecule has 4 aromatic rings. The monoisotopic (exact) mass is 322 g/mol. The molecule has 23 heavy (non-hydrogen) atoms. The van der Waals surface area contributed by atoms with E-state index in [1.165, 1.54) is 0 Å². The first-order valence-electron chi connectivity index (χ1n) is 7.15. The third-order valence-electron chi connectivity index (χ3n) is 3.51. The van der Waals surface area contributed by atoms with Crippen molar-refractivity contribution in [3.05, 3.63) is 54.6 Å². The SMILES string of the molecule is COc1ccc(Nc2nc3n[nH]c(-c4ccccc4)c3s2)cc1. The number of aromatic nitrogens is 3. The van der Waals surface area contributed by atoms with Gasteiger partial charge >= 0.3 is 0 Å². The lowest BCUT2D eigenvalue weighted by Gasteiger charge is -2.03. The van der Waals surface area contributed by atoms with Crippen molar-refractivity contribution in [3.8, 4) is 17.0 Å². The number of hydrogen-bond acceptors (Lipinski definition) is 5. The molecule has 0 bridgehead atoms. The molecule has 0 spiro atoms. The maximum atomic E-state index is 5.16. The van der Waals surface area contributed by atoms with Crippen molar-refractivity contribution in [3.63, 3.8) is 0 Å². The van der Waals surface area contributed by atoms with Crippen LogP contribution in [0.1, 0.15) is 0 Å². The highest BCUT2D eigenvalue weighted by atomic mass is 32.1. The number of fused-ring (bicyclic) bond motifs is 1. The third kappa shape index (κ3) is 2.64. The number of methoxy groups -OCH3 is 1. The summed E-state index contributed by atoms with van der Waals surface area (Å²) in [5, 5.41) is 11.5. The summed E-state index contributed by atoms with van der Waals surface area (Å²) < 4.78 is 6.21. The summed E-state index contributed by atoms with van der Waals surface area (Å²) >= 11 is 1.58. The number of anilines is 2. The molecule has 0 atom stereocenters. The van der Waals surface area contributed by atoms with E-state index in [0.29, 0.717) is 0 Å². The van der Waals surface area contributed by atoms with E-state index in [-0.39, 0.29) is 0 Å². The quantitative estimate of drug-likeness (QED) is 0.583. The van der Waals surface area contributed by atoms with Crippen LogP contribution in [0.15, 0.2) is 54.6 Å².